The number of ether oxygens (including phenoxy) is 1. The maximum atomic E-state index is 12.4. The summed E-state index contributed by atoms with van der Waals surface area (Å²) in [5, 5.41) is 16.3. The van der Waals surface area contributed by atoms with Crippen LogP contribution in [0.4, 0.5) is 5.69 Å². The molecular formula is C14H22N4O4. The Labute approximate surface area is 129 Å². The number of carboxylic acid groups (broad SMARTS) is 1. The first-order valence-electron chi connectivity index (χ1n) is 7.31. The molecule has 2 atom stereocenters. The highest BCUT2D eigenvalue weighted by atomic mass is 16.5. The lowest BCUT2D eigenvalue weighted by molar-refractivity contribution is -0.138. The number of anilines is 1. The smallest absolute Gasteiger partial charge is 0.326 e. The van der Waals surface area contributed by atoms with Gasteiger partial charge in [-0.25, -0.2) is 4.79 Å². The zero-order chi connectivity index (χ0) is 16.1. The van der Waals surface area contributed by atoms with Gasteiger partial charge in [0, 0.05) is 33.5 Å². The lowest BCUT2D eigenvalue weighted by Gasteiger charge is -2.28. The van der Waals surface area contributed by atoms with Gasteiger partial charge in [0.1, 0.15) is 12.1 Å². The highest BCUT2D eigenvalue weighted by Gasteiger charge is 2.41. The third-order valence-electron chi connectivity index (χ3n) is 3.79. The van der Waals surface area contributed by atoms with Crippen LogP contribution in [0.3, 0.4) is 0 Å². The van der Waals surface area contributed by atoms with E-state index in [0.29, 0.717) is 31.7 Å². The van der Waals surface area contributed by atoms with Crippen LogP contribution in [0.5, 0.6) is 0 Å². The minimum absolute atomic E-state index is 0.149. The molecule has 2 unspecified atom stereocenters. The van der Waals surface area contributed by atoms with E-state index in [1.165, 1.54) is 0 Å². The average Bonchev–Trinajstić information content (AvgIpc) is 3.09. The van der Waals surface area contributed by atoms with Crippen molar-refractivity contribution in [1.29, 1.82) is 0 Å². The average molecular weight is 310 g/mol. The molecule has 0 bridgehead atoms. The van der Waals surface area contributed by atoms with Crippen molar-refractivity contribution >= 4 is 17.6 Å². The Kier molecular flexibility index (Phi) is 5.37. The van der Waals surface area contributed by atoms with Gasteiger partial charge in [0.25, 0.3) is 0 Å². The monoisotopic (exact) mass is 310 g/mol. The molecule has 2 heterocycles. The van der Waals surface area contributed by atoms with Gasteiger partial charge in [0.2, 0.25) is 5.91 Å². The third kappa shape index (κ3) is 3.56. The van der Waals surface area contributed by atoms with Crippen LogP contribution >= 0.6 is 0 Å². The second-order valence-corrected chi connectivity index (χ2v) is 5.36. The minimum atomic E-state index is -0.918. The molecule has 8 nitrogen and oxygen atoms in total. The summed E-state index contributed by atoms with van der Waals surface area (Å²) in [6.45, 7) is 1.09. The van der Waals surface area contributed by atoms with Crippen molar-refractivity contribution in [2.75, 3.05) is 25.2 Å². The van der Waals surface area contributed by atoms with Crippen LogP contribution in [0.1, 0.15) is 19.3 Å². The van der Waals surface area contributed by atoms with Gasteiger partial charge in [-0.3, -0.25) is 9.48 Å². The Balaban J connectivity index is 2.08. The SMILES string of the molecule is COCCCNC(=O)C1CCC(C(=O)O)N1c1cnn(C)c1. The molecule has 2 N–H and O–H groups in total. The fourth-order valence-electron chi connectivity index (χ4n) is 2.76. The molecular weight excluding hydrogens is 288 g/mol. The van der Waals surface area contributed by atoms with Gasteiger partial charge in [-0.1, -0.05) is 0 Å². The quantitative estimate of drug-likeness (QED) is 0.688. The van der Waals surface area contributed by atoms with E-state index < -0.39 is 18.1 Å². The summed E-state index contributed by atoms with van der Waals surface area (Å²) in [4.78, 5) is 25.4. The second-order valence-electron chi connectivity index (χ2n) is 5.36. The largest absolute Gasteiger partial charge is 0.480 e. The standard InChI is InChI=1S/C14H22N4O4/c1-17-9-10(8-16-17)18-11(4-5-12(18)14(20)21)13(19)15-6-3-7-22-2/h8-9,11-12H,3-7H2,1-2H3,(H,15,19)(H,20,21). The molecule has 1 saturated heterocycles. The molecule has 0 radical (unpaired) electrons. The number of carbonyl (C=O) groups is 2. The number of nitrogens with one attached hydrogen (secondary N) is 1. The van der Waals surface area contributed by atoms with E-state index in [1.54, 1.807) is 36.1 Å². The number of amides is 1. The number of hydrogen-bond acceptors (Lipinski definition) is 5. The van der Waals surface area contributed by atoms with Crippen LogP contribution in [0.25, 0.3) is 0 Å². The topological polar surface area (TPSA) is 96.7 Å². The van der Waals surface area contributed by atoms with E-state index in [4.69, 9.17) is 4.74 Å². The summed E-state index contributed by atoms with van der Waals surface area (Å²) >= 11 is 0. The molecule has 8 heteroatoms. The Bertz CT molecular complexity index is 531. The Morgan fingerprint density at radius 1 is 1.45 bits per heavy atom. The van der Waals surface area contributed by atoms with Crippen molar-refractivity contribution in [3.05, 3.63) is 12.4 Å². The molecule has 122 valence electrons. The Morgan fingerprint density at radius 2 is 2.18 bits per heavy atom. The Hall–Kier alpha value is -2.09. The molecule has 0 saturated carbocycles. The number of aromatic nitrogens is 2. The highest BCUT2D eigenvalue weighted by molar-refractivity contribution is 5.90. The van der Waals surface area contributed by atoms with Crippen molar-refractivity contribution in [3.8, 4) is 0 Å². The van der Waals surface area contributed by atoms with E-state index in [9.17, 15) is 14.7 Å². The van der Waals surface area contributed by atoms with E-state index in [1.807, 2.05) is 0 Å². The van der Waals surface area contributed by atoms with Crippen molar-refractivity contribution in [2.24, 2.45) is 7.05 Å². The van der Waals surface area contributed by atoms with E-state index in [-0.39, 0.29) is 5.91 Å². The van der Waals surface area contributed by atoms with Gasteiger partial charge in [-0.05, 0) is 19.3 Å². The van der Waals surface area contributed by atoms with Crippen LogP contribution < -0.4 is 10.2 Å². The molecule has 1 amide bonds. The summed E-state index contributed by atoms with van der Waals surface area (Å²) in [6.07, 6.45) is 5.01. The van der Waals surface area contributed by atoms with Crippen LogP contribution in [-0.4, -0.2) is 59.1 Å². The predicted octanol–water partition coefficient (Wildman–Crippen LogP) is -0.00520. The van der Waals surface area contributed by atoms with E-state index in [0.717, 1.165) is 6.42 Å². The maximum absolute atomic E-state index is 12.4. The Morgan fingerprint density at radius 3 is 2.77 bits per heavy atom. The number of carbonyl (C=O) groups excluding carboxylic acids is 1. The summed E-state index contributed by atoms with van der Waals surface area (Å²) in [6, 6.07) is -1.17. The van der Waals surface area contributed by atoms with Crippen molar-refractivity contribution in [2.45, 2.75) is 31.3 Å². The van der Waals surface area contributed by atoms with Crippen molar-refractivity contribution < 1.29 is 19.4 Å². The second kappa shape index (κ2) is 7.26. The molecule has 0 spiro atoms. The number of nitrogens with zero attached hydrogens (tertiary/aromatic N) is 3. The lowest BCUT2D eigenvalue weighted by atomic mass is 10.2. The maximum Gasteiger partial charge on any atom is 0.326 e. The minimum Gasteiger partial charge on any atom is -0.480 e. The zero-order valence-corrected chi connectivity index (χ0v) is 12.9. The number of rotatable bonds is 7. The lowest BCUT2D eigenvalue weighted by Crippen LogP contribution is -2.48. The first-order valence-corrected chi connectivity index (χ1v) is 7.31. The molecule has 1 aliphatic heterocycles. The van der Waals surface area contributed by atoms with E-state index in [2.05, 4.69) is 10.4 Å². The zero-order valence-electron chi connectivity index (χ0n) is 12.9. The normalized spacial score (nSPS) is 21.1. The molecule has 2 rings (SSSR count). The number of methoxy groups -OCH3 is 1. The van der Waals surface area contributed by atoms with Crippen LogP contribution in [0.15, 0.2) is 12.4 Å². The van der Waals surface area contributed by atoms with Crippen LogP contribution in [-0.2, 0) is 21.4 Å². The first-order chi connectivity index (χ1) is 10.5. The van der Waals surface area contributed by atoms with Gasteiger partial charge in [0.15, 0.2) is 0 Å². The molecule has 1 fully saturated rings. The number of aliphatic carboxylic acids is 1. The van der Waals surface area contributed by atoms with Gasteiger partial charge < -0.3 is 20.1 Å². The van der Waals surface area contributed by atoms with Gasteiger partial charge in [-0.15, -0.1) is 0 Å². The fourth-order valence-corrected chi connectivity index (χ4v) is 2.76. The summed E-state index contributed by atoms with van der Waals surface area (Å²) in [5.41, 5.74) is 0.657. The molecule has 0 aromatic carbocycles. The van der Waals surface area contributed by atoms with Gasteiger partial charge >= 0.3 is 5.97 Å². The molecule has 1 aromatic rings. The highest BCUT2D eigenvalue weighted by Crippen LogP contribution is 2.30. The number of hydrogen-bond donors (Lipinski definition) is 2. The van der Waals surface area contributed by atoms with Crippen molar-refractivity contribution in [3.63, 3.8) is 0 Å². The van der Waals surface area contributed by atoms with E-state index >= 15 is 0 Å². The molecule has 1 aliphatic rings. The molecule has 1 aromatic heterocycles. The summed E-state index contributed by atoms with van der Waals surface area (Å²) in [7, 11) is 3.37. The first kappa shape index (κ1) is 16.3. The third-order valence-corrected chi connectivity index (χ3v) is 3.79. The molecule has 0 aliphatic carbocycles. The predicted molar refractivity (Wildman–Crippen MR) is 79.6 cm³/mol. The van der Waals surface area contributed by atoms with Gasteiger partial charge in [-0.2, -0.15) is 5.10 Å². The number of aryl methyl sites for hydroxylation is 1. The summed E-state index contributed by atoms with van der Waals surface area (Å²) in [5.74, 6) is -1.07. The summed E-state index contributed by atoms with van der Waals surface area (Å²) < 4.78 is 6.54. The van der Waals surface area contributed by atoms with Crippen LogP contribution in [0, 0.1) is 0 Å². The molecule has 22 heavy (non-hydrogen) atoms. The van der Waals surface area contributed by atoms with Crippen LogP contribution in [0.2, 0.25) is 0 Å². The van der Waals surface area contributed by atoms with Crippen molar-refractivity contribution in [1.82, 2.24) is 15.1 Å². The fraction of sp³-hybridized carbons (Fsp3) is 0.643. The van der Waals surface area contributed by atoms with Gasteiger partial charge in [0.05, 0.1) is 11.9 Å². The number of carboxylic acids is 1.